The fraction of sp³-hybridized carbons (Fsp3) is 0.286. The van der Waals surface area contributed by atoms with Crippen molar-refractivity contribution in [3.8, 4) is 0 Å². The summed E-state index contributed by atoms with van der Waals surface area (Å²) in [5, 5.41) is 9.00. The van der Waals surface area contributed by atoms with Gasteiger partial charge in [0.15, 0.2) is 5.43 Å². The second-order valence-corrected chi connectivity index (χ2v) is 4.51. The van der Waals surface area contributed by atoms with Crippen LogP contribution >= 0.6 is 0 Å². The van der Waals surface area contributed by atoms with Crippen molar-refractivity contribution in [2.24, 2.45) is 7.05 Å². The highest BCUT2D eigenvalue weighted by molar-refractivity contribution is 5.80. The predicted octanol–water partition coefficient (Wildman–Crippen LogP) is 2.00. The summed E-state index contributed by atoms with van der Waals surface area (Å²) in [5.74, 6) is -1.43. The highest BCUT2D eigenvalue weighted by Crippen LogP contribution is 2.16. The number of aliphatic carboxylic acids is 1. The fourth-order valence-electron chi connectivity index (χ4n) is 2.22. The SMILES string of the molecule is Cc1c(CCC(=O)O)c(=O)c2cc(F)ccc2n1C. The molecule has 0 fully saturated rings. The molecule has 1 aromatic carbocycles. The Morgan fingerprint density at radius 1 is 1.42 bits per heavy atom. The number of pyridine rings is 1. The van der Waals surface area contributed by atoms with Crippen molar-refractivity contribution in [3.63, 3.8) is 0 Å². The topological polar surface area (TPSA) is 59.3 Å². The average molecular weight is 263 g/mol. The minimum atomic E-state index is -0.958. The Labute approximate surface area is 109 Å². The summed E-state index contributed by atoms with van der Waals surface area (Å²) in [6.45, 7) is 1.77. The van der Waals surface area contributed by atoms with Crippen LogP contribution in [-0.2, 0) is 18.3 Å². The molecular formula is C14H14FNO3. The van der Waals surface area contributed by atoms with Gasteiger partial charge < -0.3 is 9.67 Å². The van der Waals surface area contributed by atoms with Crippen LogP contribution in [0.4, 0.5) is 4.39 Å². The van der Waals surface area contributed by atoms with Crippen LogP contribution in [-0.4, -0.2) is 15.6 Å². The fourth-order valence-corrected chi connectivity index (χ4v) is 2.22. The smallest absolute Gasteiger partial charge is 0.303 e. The molecule has 5 heteroatoms. The third-order valence-electron chi connectivity index (χ3n) is 3.37. The van der Waals surface area contributed by atoms with Crippen molar-refractivity contribution in [3.05, 3.63) is 45.5 Å². The maximum absolute atomic E-state index is 13.3. The van der Waals surface area contributed by atoms with Crippen LogP contribution < -0.4 is 5.43 Å². The standard InChI is InChI=1S/C14H14FNO3/c1-8-10(4-6-13(17)18)14(19)11-7-9(15)3-5-12(11)16(8)2/h3,5,7H,4,6H2,1-2H3,(H,17,18). The van der Waals surface area contributed by atoms with Crippen molar-refractivity contribution >= 4 is 16.9 Å². The molecule has 0 radical (unpaired) electrons. The largest absolute Gasteiger partial charge is 0.481 e. The first kappa shape index (κ1) is 13.3. The number of carbonyl (C=O) groups is 1. The summed E-state index contributed by atoms with van der Waals surface area (Å²) in [7, 11) is 1.78. The molecular weight excluding hydrogens is 249 g/mol. The lowest BCUT2D eigenvalue weighted by Gasteiger charge is -2.13. The van der Waals surface area contributed by atoms with Crippen molar-refractivity contribution in [2.45, 2.75) is 19.8 Å². The molecule has 0 bridgehead atoms. The maximum atomic E-state index is 13.3. The molecule has 2 aromatic rings. The molecule has 1 aromatic heterocycles. The van der Waals surface area contributed by atoms with Gasteiger partial charge in [-0.25, -0.2) is 4.39 Å². The zero-order valence-corrected chi connectivity index (χ0v) is 10.7. The molecule has 4 nitrogen and oxygen atoms in total. The number of aryl methyl sites for hydroxylation is 1. The van der Waals surface area contributed by atoms with E-state index in [2.05, 4.69) is 0 Å². The van der Waals surface area contributed by atoms with Crippen LogP contribution in [0.1, 0.15) is 17.7 Å². The summed E-state index contributed by atoms with van der Waals surface area (Å²) in [6, 6.07) is 4.06. The van der Waals surface area contributed by atoms with Crippen LogP contribution in [0.5, 0.6) is 0 Å². The molecule has 0 atom stereocenters. The molecule has 0 aliphatic carbocycles. The number of carboxylic acids is 1. The van der Waals surface area contributed by atoms with Gasteiger partial charge in [0.25, 0.3) is 0 Å². The second kappa shape index (κ2) is 4.84. The lowest BCUT2D eigenvalue weighted by atomic mass is 10.0. The number of halogens is 1. The van der Waals surface area contributed by atoms with E-state index in [0.29, 0.717) is 16.8 Å². The van der Waals surface area contributed by atoms with Gasteiger partial charge in [0, 0.05) is 30.1 Å². The molecule has 19 heavy (non-hydrogen) atoms. The number of rotatable bonds is 3. The molecule has 0 spiro atoms. The van der Waals surface area contributed by atoms with Gasteiger partial charge in [-0.05, 0) is 31.5 Å². The maximum Gasteiger partial charge on any atom is 0.303 e. The molecule has 0 amide bonds. The van der Waals surface area contributed by atoms with Gasteiger partial charge in [-0.2, -0.15) is 0 Å². The van der Waals surface area contributed by atoms with E-state index in [9.17, 15) is 14.0 Å². The van der Waals surface area contributed by atoms with Crippen molar-refractivity contribution in [1.29, 1.82) is 0 Å². The zero-order valence-electron chi connectivity index (χ0n) is 10.7. The number of benzene rings is 1. The van der Waals surface area contributed by atoms with Gasteiger partial charge >= 0.3 is 5.97 Å². The van der Waals surface area contributed by atoms with Gasteiger partial charge in [-0.1, -0.05) is 0 Å². The minimum absolute atomic E-state index is 0.114. The van der Waals surface area contributed by atoms with E-state index in [4.69, 9.17) is 5.11 Å². The average Bonchev–Trinajstić information content (AvgIpc) is 2.35. The van der Waals surface area contributed by atoms with E-state index in [1.165, 1.54) is 12.1 Å². The molecule has 0 saturated heterocycles. The lowest BCUT2D eigenvalue weighted by Crippen LogP contribution is -2.18. The molecule has 0 saturated carbocycles. The Kier molecular flexibility index (Phi) is 3.38. The van der Waals surface area contributed by atoms with Crippen LogP contribution in [0, 0.1) is 12.7 Å². The number of nitrogens with zero attached hydrogens (tertiary/aromatic N) is 1. The van der Waals surface area contributed by atoms with Crippen molar-refractivity contribution in [2.75, 3.05) is 0 Å². The molecule has 0 aliphatic heterocycles. The third kappa shape index (κ3) is 2.36. The van der Waals surface area contributed by atoms with Gasteiger partial charge in [0.05, 0.1) is 5.52 Å². The molecule has 2 rings (SSSR count). The summed E-state index contributed by atoms with van der Waals surface area (Å²) >= 11 is 0. The van der Waals surface area contributed by atoms with E-state index in [1.54, 1.807) is 24.6 Å². The van der Waals surface area contributed by atoms with E-state index in [0.717, 1.165) is 0 Å². The van der Waals surface area contributed by atoms with Crippen LogP contribution in [0.15, 0.2) is 23.0 Å². The zero-order chi connectivity index (χ0) is 14.2. The van der Waals surface area contributed by atoms with Crippen molar-refractivity contribution < 1.29 is 14.3 Å². The molecule has 0 unspecified atom stereocenters. The Bertz CT molecular complexity index is 719. The van der Waals surface area contributed by atoms with E-state index in [-0.39, 0.29) is 23.7 Å². The van der Waals surface area contributed by atoms with Crippen molar-refractivity contribution in [1.82, 2.24) is 4.57 Å². The Balaban J connectivity index is 2.71. The number of carboxylic acid groups (broad SMARTS) is 1. The predicted molar refractivity (Wildman–Crippen MR) is 69.8 cm³/mol. The van der Waals surface area contributed by atoms with Gasteiger partial charge in [-0.3, -0.25) is 9.59 Å². The lowest BCUT2D eigenvalue weighted by molar-refractivity contribution is -0.136. The first-order chi connectivity index (χ1) is 8.91. The van der Waals surface area contributed by atoms with Gasteiger partial charge in [-0.15, -0.1) is 0 Å². The third-order valence-corrected chi connectivity index (χ3v) is 3.37. The van der Waals surface area contributed by atoms with Gasteiger partial charge in [0.2, 0.25) is 0 Å². The molecule has 1 heterocycles. The van der Waals surface area contributed by atoms with Gasteiger partial charge in [0.1, 0.15) is 5.82 Å². The first-order valence-electron chi connectivity index (χ1n) is 5.91. The summed E-state index contributed by atoms with van der Waals surface area (Å²) in [4.78, 5) is 22.9. The Hall–Kier alpha value is -2.17. The monoisotopic (exact) mass is 263 g/mol. The summed E-state index contributed by atoms with van der Waals surface area (Å²) < 4.78 is 15.0. The van der Waals surface area contributed by atoms with Crippen LogP contribution in [0.3, 0.4) is 0 Å². The molecule has 0 aliphatic rings. The summed E-state index contributed by atoms with van der Waals surface area (Å²) in [5.41, 5.74) is 1.50. The molecule has 100 valence electrons. The Morgan fingerprint density at radius 2 is 2.11 bits per heavy atom. The number of hydrogen-bond donors (Lipinski definition) is 1. The van der Waals surface area contributed by atoms with E-state index < -0.39 is 11.8 Å². The summed E-state index contributed by atoms with van der Waals surface area (Å²) in [6.07, 6.45) is 0.0389. The number of hydrogen-bond acceptors (Lipinski definition) is 2. The van der Waals surface area contributed by atoms with Crippen LogP contribution in [0.2, 0.25) is 0 Å². The minimum Gasteiger partial charge on any atom is -0.481 e. The Morgan fingerprint density at radius 3 is 2.74 bits per heavy atom. The quantitative estimate of drug-likeness (QED) is 0.921. The number of fused-ring (bicyclic) bond motifs is 1. The first-order valence-corrected chi connectivity index (χ1v) is 5.91. The number of aromatic nitrogens is 1. The highest BCUT2D eigenvalue weighted by atomic mass is 19.1. The highest BCUT2D eigenvalue weighted by Gasteiger charge is 2.13. The second-order valence-electron chi connectivity index (χ2n) is 4.51. The molecule has 1 N–H and O–H groups in total. The van der Waals surface area contributed by atoms with Crippen LogP contribution in [0.25, 0.3) is 10.9 Å². The van der Waals surface area contributed by atoms with E-state index >= 15 is 0 Å². The normalized spacial score (nSPS) is 10.9. The van der Waals surface area contributed by atoms with E-state index in [1.807, 2.05) is 0 Å².